The average molecular weight is 270 g/mol. The smallest absolute Gasteiger partial charge is 0.281 e. The minimum absolute atomic E-state index is 0.424. The average Bonchev–Trinajstić information content (AvgIpc) is 2.51. The fraction of sp³-hybridized carbons (Fsp3) is 0.133. The predicted octanol–water partition coefficient (Wildman–Crippen LogP) is 2.65. The molecule has 0 bridgehead atoms. The fourth-order valence-electron chi connectivity index (χ4n) is 2.28. The van der Waals surface area contributed by atoms with Crippen LogP contribution in [0, 0.1) is 0 Å². The Morgan fingerprint density at radius 3 is 2.80 bits per heavy atom. The van der Waals surface area contributed by atoms with E-state index in [-0.39, 0.29) is 0 Å². The number of benzene rings is 2. The van der Waals surface area contributed by atoms with E-state index in [9.17, 15) is 10.0 Å². The van der Waals surface area contributed by atoms with Crippen molar-refractivity contribution in [3.8, 4) is 5.75 Å². The maximum absolute atomic E-state index is 12.2. The molecule has 1 heterocycles. The third-order valence-corrected chi connectivity index (χ3v) is 3.31. The summed E-state index contributed by atoms with van der Waals surface area (Å²) in [5.74, 6) is 0.246. The highest BCUT2D eigenvalue weighted by Crippen LogP contribution is 2.32. The summed E-state index contributed by atoms with van der Waals surface area (Å²) in [6, 6.07) is 14.3. The minimum Gasteiger partial charge on any atom is -0.497 e. The van der Waals surface area contributed by atoms with Gasteiger partial charge in [0.25, 0.3) is 5.91 Å². The molecule has 0 aliphatic carbocycles. The van der Waals surface area contributed by atoms with E-state index in [2.05, 4.69) is 5.32 Å². The Bertz CT molecular complexity index is 657. The van der Waals surface area contributed by atoms with E-state index in [1.807, 2.05) is 30.3 Å². The molecule has 2 aromatic carbocycles. The Morgan fingerprint density at radius 1 is 1.20 bits per heavy atom. The van der Waals surface area contributed by atoms with E-state index in [4.69, 9.17) is 4.74 Å². The van der Waals surface area contributed by atoms with Crippen molar-refractivity contribution in [3.63, 3.8) is 0 Å². The minimum atomic E-state index is -0.632. The number of nitrogens with zero attached hydrogens (tertiary/aromatic N) is 1. The lowest BCUT2D eigenvalue weighted by Gasteiger charge is -2.33. The fourth-order valence-corrected chi connectivity index (χ4v) is 2.28. The predicted molar refractivity (Wildman–Crippen MR) is 73.8 cm³/mol. The first kappa shape index (κ1) is 12.5. The zero-order valence-corrected chi connectivity index (χ0v) is 10.9. The number of hydrogen-bond donors (Lipinski definition) is 2. The molecular weight excluding hydrogens is 256 g/mol. The van der Waals surface area contributed by atoms with Gasteiger partial charge in [0, 0.05) is 11.3 Å². The highest BCUT2D eigenvalue weighted by atomic mass is 16.5. The number of carbonyl (C=O) groups is 1. The molecule has 2 N–H and O–H groups in total. The summed E-state index contributed by atoms with van der Waals surface area (Å²) in [4.78, 5) is 12.2. The number of hydrogen-bond acceptors (Lipinski definition) is 4. The quantitative estimate of drug-likeness (QED) is 0.824. The van der Waals surface area contributed by atoms with Crippen molar-refractivity contribution in [2.24, 2.45) is 0 Å². The van der Waals surface area contributed by atoms with Crippen molar-refractivity contribution >= 4 is 11.6 Å². The Labute approximate surface area is 116 Å². The molecule has 1 aliphatic heterocycles. The van der Waals surface area contributed by atoms with Gasteiger partial charge in [0.15, 0.2) is 6.17 Å². The van der Waals surface area contributed by atoms with Gasteiger partial charge < -0.3 is 10.1 Å². The summed E-state index contributed by atoms with van der Waals surface area (Å²) in [5.41, 5.74) is 1.90. The van der Waals surface area contributed by atoms with E-state index in [1.54, 1.807) is 25.3 Å². The Balaban J connectivity index is 2.01. The van der Waals surface area contributed by atoms with Crippen LogP contribution in [0.15, 0.2) is 48.5 Å². The van der Waals surface area contributed by atoms with E-state index in [0.29, 0.717) is 22.1 Å². The zero-order chi connectivity index (χ0) is 14.1. The normalized spacial score (nSPS) is 17.4. The van der Waals surface area contributed by atoms with Gasteiger partial charge in [0.2, 0.25) is 0 Å². The highest BCUT2D eigenvalue weighted by molar-refractivity contribution is 6.00. The third kappa shape index (κ3) is 1.98. The number of ether oxygens (including phenoxy) is 1. The van der Waals surface area contributed by atoms with Gasteiger partial charge in [0.05, 0.1) is 12.7 Å². The summed E-state index contributed by atoms with van der Waals surface area (Å²) in [6.07, 6.45) is -0.632. The number of para-hydroxylation sites is 1. The number of fused-ring (bicyclic) bond motifs is 1. The number of anilines is 1. The van der Waals surface area contributed by atoms with Crippen LogP contribution in [0.2, 0.25) is 0 Å². The van der Waals surface area contributed by atoms with Crippen LogP contribution in [-0.4, -0.2) is 23.3 Å². The largest absolute Gasteiger partial charge is 0.497 e. The first-order valence-electron chi connectivity index (χ1n) is 6.22. The molecule has 0 saturated heterocycles. The van der Waals surface area contributed by atoms with Crippen molar-refractivity contribution in [1.29, 1.82) is 0 Å². The van der Waals surface area contributed by atoms with Crippen LogP contribution in [0.3, 0.4) is 0 Å². The molecule has 3 rings (SSSR count). The second kappa shape index (κ2) is 4.86. The number of methoxy groups -OCH3 is 1. The second-order valence-corrected chi connectivity index (χ2v) is 4.52. The van der Waals surface area contributed by atoms with Crippen LogP contribution < -0.4 is 10.1 Å². The molecule has 1 unspecified atom stereocenters. The summed E-state index contributed by atoms with van der Waals surface area (Å²) in [7, 11) is 1.57. The standard InChI is InChI=1S/C15H14N2O3/c1-20-11-6-4-5-10(9-11)14-16-13-8-3-2-7-12(13)15(18)17(14)19/h2-9,14,16,19H,1H3. The van der Waals surface area contributed by atoms with Crippen molar-refractivity contribution in [2.75, 3.05) is 12.4 Å². The van der Waals surface area contributed by atoms with Crippen LogP contribution in [0.1, 0.15) is 22.1 Å². The molecule has 0 aromatic heterocycles. The van der Waals surface area contributed by atoms with Crippen molar-refractivity contribution in [3.05, 3.63) is 59.7 Å². The monoisotopic (exact) mass is 270 g/mol. The molecule has 0 saturated carbocycles. The lowest BCUT2D eigenvalue weighted by atomic mass is 10.1. The molecule has 0 fully saturated rings. The molecule has 5 nitrogen and oxygen atoms in total. The maximum Gasteiger partial charge on any atom is 0.281 e. The first-order valence-corrected chi connectivity index (χ1v) is 6.22. The summed E-state index contributed by atoms with van der Waals surface area (Å²) < 4.78 is 5.16. The number of rotatable bonds is 2. The van der Waals surface area contributed by atoms with E-state index in [0.717, 1.165) is 5.56 Å². The van der Waals surface area contributed by atoms with Crippen molar-refractivity contribution < 1.29 is 14.7 Å². The van der Waals surface area contributed by atoms with Crippen LogP contribution in [0.5, 0.6) is 5.75 Å². The molecule has 1 aliphatic rings. The van der Waals surface area contributed by atoms with Crippen LogP contribution in [-0.2, 0) is 0 Å². The maximum atomic E-state index is 12.2. The van der Waals surface area contributed by atoms with E-state index >= 15 is 0 Å². The van der Waals surface area contributed by atoms with Crippen LogP contribution in [0.25, 0.3) is 0 Å². The highest BCUT2D eigenvalue weighted by Gasteiger charge is 2.32. The van der Waals surface area contributed by atoms with Crippen molar-refractivity contribution in [2.45, 2.75) is 6.17 Å². The van der Waals surface area contributed by atoms with Crippen molar-refractivity contribution in [1.82, 2.24) is 5.06 Å². The number of carbonyl (C=O) groups excluding carboxylic acids is 1. The Kier molecular flexibility index (Phi) is 3.04. The van der Waals surface area contributed by atoms with E-state index in [1.165, 1.54) is 0 Å². The Morgan fingerprint density at radius 2 is 2.00 bits per heavy atom. The molecule has 102 valence electrons. The van der Waals surface area contributed by atoms with Crippen LogP contribution >= 0.6 is 0 Å². The van der Waals surface area contributed by atoms with Gasteiger partial charge in [-0.2, -0.15) is 5.06 Å². The molecule has 1 atom stereocenters. The summed E-state index contributed by atoms with van der Waals surface area (Å²) in [6.45, 7) is 0. The van der Waals surface area contributed by atoms with Gasteiger partial charge in [-0.3, -0.25) is 10.0 Å². The van der Waals surface area contributed by atoms with Gasteiger partial charge >= 0.3 is 0 Å². The Hall–Kier alpha value is -2.53. The molecule has 0 radical (unpaired) electrons. The summed E-state index contributed by atoms with van der Waals surface area (Å²) >= 11 is 0. The number of amides is 1. The molecule has 20 heavy (non-hydrogen) atoms. The molecule has 5 heteroatoms. The SMILES string of the molecule is COc1cccc(C2Nc3ccccc3C(=O)N2O)c1. The number of nitrogens with one attached hydrogen (secondary N) is 1. The molecule has 2 aromatic rings. The first-order chi connectivity index (χ1) is 9.70. The van der Waals surface area contributed by atoms with Gasteiger partial charge in [-0.05, 0) is 24.3 Å². The van der Waals surface area contributed by atoms with Gasteiger partial charge in [-0.15, -0.1) is 0 Å². The molecule has 0 spiro atoms. The molecule has 1 amide bonds. The molecular formula is C15H14N2O3. The second-order valence-electron chi connectivity index (χ2n) is 4.52. The lowest BCUT2D eigenvalue weighted by Crippen LogP contribution is -2.40. The topological polar surface area (TPSA) is 61.8 Å². The zero-order valence-electron chi connectivity index (χ0n) is 10.9. The van der Waals surface area contributed by atoms with Gasteiger partial charge in [0.1, 0.15) is 5.75 Å². The number of hydroxylamine groups is 2. The summed E-state index contributed by atoms with van der Waals surface area (Å²) in [5, 5.41) is 13.9. The van der Waals surface area contributed by atoms with Crippen LogP contribution in [0.4, 0.5) is 5.69 Å². The lowest BCUT2D eigenvalue weighted by molar-refractivity contribution is -0.0851. The third-order valence-electron chi connectivity index (χ3n) is 3.31. The van der Waals surface area contributed by atoms with Gasteiger partial charge in [-0.25, -0.2) is 0 Å². The van der Waals surface area contributed by atoms with Gasteiger partial charge in [-0.1, -0.05) is 24.3 Å². The van der Waals surface area contributed by atoms with E-state index < -0.39 is 12.1 Å².